The van der Waals surface area contributed by atoms with Gasteiger partial charge in [0.15, 0.2) is 0 Å². The minimum absolute atomic E-state index is 0.280. The molecule has 0 amide bonds. The lowest BCUT2D eigenvalue weighted by atomic mass is 10.1. The van der Waals surface area contributed by atoms with Crippen molar-refractivity contribution in [2.24, 2.45) is 7.05 Å². The van der Waals surface area contributed by atoms with Crippen molar-refractivity contribution in [1.29, 1.82) is 0 Å². The monoisotopic (exact) mass is 296 g/mol. The van der Waals surface area contributed by atoms with E-state index in [1.807, 2.05) is 24.9 Å². The first-order valence-corrected chi connectivity index (χ1v) is 7.24. The smallest absolute Gasteiger partial charge is 0.0876 e. The number of aryl methyl sites for hydroxylation is 2. The Bertz CT molecular complexity index is 588. The van der Waals surface area contributed by atoms with E-state index in [1.54, 1.807) is 10.9 Å². The molecule has 0 spiro atoms. The number of aromatic nitrogens is 4. The van der Waals surface area contributed by atoms with Crippen LogP contribution in [0.3, 0.4) is 0 Å². The van der Waals surface area contributed by atoms with Gasteiger partial charge in [-0.05, 0) is 20.3 Å². The van der Waals surface area contributed by atoms with Crippen LogP contribution in [0, 0.1) is 0 Å². The average Bonchev–Trinajstić information content (AvgIpc) is 2.98. The fourth-order valence-electron chi connectivity index (χ4n) is 2.15. The van der Waals surface area contributed by atoms with E-state index in [2.05, 4.69) is 24.0 Å². The van der Waals surface area contributed by atoms with Crippen LogP contribution in [0.1, 0.15) is 49.9 Å². The van der Waals surface area contributed by atoms with Gasteiger partial charge in [0.2, 0.25) is 0 Å². The molecular formula is C14H21ClN4O. The van der Waals surface area contributed by atoms with Gasteiger partial charge in [-0.3, -0.25) is 9.36 Å². The predicted molar refractivity (Wildman–Crippen MR) is 78.9 cm³/mol. The zero-order valence-electron chi connectivity index (χ0n) is 12.3. The van der Waals surface area contributed by atoms with Crippen molar-refractivity contribution in [2.75, 3.05) is 0 Å². The summed E-state index contributed by atoms with van der Waals surface area (Å²) in [4.78, 5) is 0. The van der Waals surface area contributed by atoms with E-state index in [-0.39, 0.29) is 6.04 Å². The van der Waals surface area contributed by atoms with Gasteiger partial charge in [0, 0.05) is 31.3 Å². The molecule has 0 radical (unpaired) electrons. The van der Waals surface area contributed by atoms with Crippen LogP contribution in [0.5, 0.6) is 0 Å². The van der Waals surface area contributed by atoms with Crippen molar-refractivity contribution in [1.82, 2.24) is 19.6 Å². The second-order valence-corrected chi connectivity index (χ2v) is 5.63. The Hall–Kier alpha value is -1.33. The van der Waals surface area contributed by atoms with Gasteiger partial charge in [-0.15, -0.1) is 0 Å². The molecule has 5 nitrogen and oxygen atoms in total. The first-order valence-electron chi connectivity index (χ1n) is 6.86. The summed E-state index contributed by atoms with van der Waals surface area (Å²) in [5.74, 6) is 0. The summed E-state index contributed by atoms with van der Waals surface area (Å²) in [6, 6.07) is 0.280. The molecule has 110 valence electrons. The van der Waals surface area contributed by atoms with Gasteiger partial charge < -0.3 is 5.11 Å². The number of hydrogen-bond acceptors (Lipinski definition) is 3. The Labute approximate surface area is 124 Å². The summed E-state index contributed by atoms with van der Waals surface area (Å²) in [6.07, 6.45) is 4.18. The molecule has 0 fully saturated rings. The molecule has 0 aliphatic heterocycles. The highest BCUT2D eigenvalue weighted by Crippen LogP contribution is 2.26. The van der Waals surface area contributed by atoms with Crippen LogP contribution < -0.4 is 0 Å². The molecule has 6 heteroatoms. The van der Waals surface area contributed by atoms with E-state index in [0.717, 1.165) is 23.4 Å². The molecule has 0 aliphatic carbocycles. The van der Waals surface area contributed by atoms with E-state index in [4.69, 9.17) is 11.6 Å². The van der Waals surface area contributed by atoms with Crippen molar-refractivity contribution >= 4 is 11.6 Å². The van der Waals surface area contributed by atoms with Gasteiger partial charge in [0.25, 0.3) is 0 Å². The van der Waals surface area contributed by atoms with Crippen LogP contribution in [-0.4, -0.2) is 24.7 Å². The summed E-state index contributed by atoms with van der Waals surface area (Å²) in [5.41, 5.74) is 2.52. The van der Waals surface area contributed by atoms with Crippen LogP contribution in [0.4, 0.5) is 0 Å². The van der Waals surface area contributed by atoms with Crippen LogP contribution >= 0.6 is 11.6 Å². The maximum absolute atomic E-state index is 10.3. The summed E-state index contributed by atoms with van der Waals surface area (Å²) in [7, 11) is 1.85. The Kier molecular flexibility index (Phi) is 4.50. The molecular weight excluding hydrogens is 276 g/mol. The fourth-order valence-corrected chi connectivity index (χ4v) is 2.52. The van der Waals surface area contributed by atoms with Crippen LogP contribution in [-0.2, 0) is 19.9 Å². The Morgan fingerprint density at radius 1 is 1.40 bits per heavy atom. The first-order chi connectivity index (χ1) is 9.43. The van der Waals surface area contributed by atoms with Crippen LogP contribution in [0.15, 0.2) is 12.4 Å². The molecule has 1 unspecified atom stereocenters. The summed E-state index contributed by atoms with van der Waals surface area (Å²) < 4.78 is 3.58. The third-order valence-electron chi connectivity index (χ3n) is 3.42. The minimum atomic E-state index is -0.625. The normalized spacial score (nSPS) is 13.2. The van der Waals surface area contributed by atoms with E-state index < -0.39 is 6.10 Å². The number of nitrogens with zero attached hydrogens (tertiary/aromatic N) is 4. The predicted octanol–water partition coefficient (Wildman–Crippen LogP) is 2.69. The molecule has 2 rings (SSSR count). The number of hydrogen-bond donors (Lipinski definition) is 1. The molecule has 2 aromatic heterocycles. The number of aliphatic hydroxyl groups is 1. The minimum Gasteiger partial charge on any atom is -0.388 e. The van der Waals surface area contributed by atoms with Gasteiger partial charge in [-0.2, -0.15) is 10.2 Å². The second-order valence-electron chi connectivity index (χ2n) is 5.25. The molecule has 1 atom stereocenters. The highest BCUT2D eigenvalue weighted by atomic mass is 35.5. The maximum atomic E-state index is 10.3. The van der Waals surface area contributed by atoms with Crippen molar-refractivity contribution < 1.29 is 5.11 Å². The molecule has 0 saturated carbocycles. The van der Waals surface area contributed by atoms with Crippen LogP contribution in [0.25, 0.3) is 0 Å². The quantitative estimate of drug-likeness (QED) is 0.923. The van der Waals surface area contributed by atoms with Gasteiger partial charge in [0.1, 0.15) is 0 Å². The van der Waals surface area contributed by atoms with Gasteiger partial charge >= 0.3 is 0 Å². The molecule has 0 aromatic carbocycles. The zero-order chi connectivity index (χ0) is 14.9. The Morgan fingerprint density at radius 3 is 2.60 bits per heavy atom. The molecule has 0 bridgehead atoms. The molecule has 0 aliphatic rings. The number of aliphatic hydroxyl groups excluding tert-OH is 1. The lowest BCUT2D eigenvalue weighted by Gasteiger charge is -2.09. The standard InChI is InChI=1S/C14H21ClN4O/c1-5-11-14(15)12(18(4)17-11)6-13(20)10-7-16-19(8-10)9(2)3/h7-9,13,20H,5-6H2,1-4H3. The van der Waals surface area contributed by atoms with E-state index >= 15 is 0 Å². The topological polar surface area (TPSA) is 55.9 Å². The molecule has 2 aromatic rings. The highest BCUT2D eigenvalue weighted by Gasteiger charge is 2.19. The maximum Gasteiger partial charge on any atom is 0.0876 e. The van der Waals surface area contributed by atoms with E-state index in [9.17, 15) is 5.11 Å². The fraction of sp³-hybridized carbons (Fsp3) is 0.571. The Morgan fingerprint density at radius 2 is 2.10 bits per heavy atom. The van der Waals surface area contributed by atoms with Crippen molar-refractivity contribution in [3.8, 4) is 0 Å². The van der Waals surface area contributed by atoms with Crippen LogP contribution in [0.2, 0.25) is 5.02 Å². The van der Waals surface area contributed by atoms with E-state index in [0.29, 0.717) is 11.4 Å². The van der Waals surface area contributed by atoms with Crippen molar-refractivity contribution in [2.45, 2.75) is 45.8 Å². The van der Waals surface area contributed by atoms with Crippen molar-refractivity contribution in [3.05, 3.63) is 34.4 Å². The lowest BCUT2D eigenvalue weighted by molar-refractivity contribution is 0.175. The molecule has 20 heavy (non-hydrogen) atoms. The molecule has 2 heterocycles. The summed E-state index contributed by atoms with van der Waals surface area (Å²) in [6.45, 7) is 6.12. The SMILES string of the molecule is CCc1nn(C)c(CC(O)c2cnn(C(C)C)c2)c1Cl. The average molecular weight is 297 g/mol. The third kappa shape index (κ3) is 2.88. The zero-order valence-corrected chi connectivity index (χ0v) is 13.1. The lowest BCUT2D eigenvalue weighted by Crippen LogP contribution is -2.06. The van der Waals surface area contributed by atoms with Gasteiger partial charge in [-0.1, -0.05) is 18.5 Å². The number of rotatable bonds is 5. The molecule has 0 saturated heterocycles. The summed E-state index contributed by atoms with van der Waals surface area (Å²) >= 11 is 6.30. The van der Waals surface area contributed by atoms with Crippen molar-refractivity contribution in [3.63, 3.8) is 0 Å². The Balaban J connectivity index is 2.18. The summed E-state index contributed by atoms with van der Waals surface area (Å²) in [5, 5.41) is 19.6. The van der Waals surface area contributed by atoms with E-state index in [1.165, 1.54) is 0 Å². The first kappa shape index (κ1) is 15.1. The van der Waals surface area contributed by atoms with Gasteiger partial charge in [0.05, 0.1) is 28.7 Å². The molecule has 1 N–H and O–H groups in total. The largest absolute Gasteiger partial charge is 0.388 e. The van der Waals surface area contributed by atoms with Gasteiger partial charge in [-0.25, -0.2) is 0 Å². The number of halogens is 1. The third-order valence-corrected chi connectivity index (χ3v) is 3.86. The highest BCUT2D eigenvalue weighted by molar-refractivity contribution is 6.31. The second kappa shape index (κ2) is 5.97.